The topological polar surface area (TPSA) is 46.5 Å². The van der Waals surface area contributed by atoms with Gasteiger partial charge >= 0.3 is 5.97 Å². The summed E-state index contributed by atoms with van der Waals surface area (Å²) >= 11 is 0. The lowest BCUT2D eigenvalue weighted by atomic mass is 9.52. The van der Waals surface area contributed by atoms with E-state index in [-0.39, 0.29) is 30.0 Å². The zero-order chi connectivity index (χ0) is 17.8. The van der Waals surface area contributed by atoms with Crippen molar-refractivity contribution in [3.63, 3.8) is 0 Å². The lowest BCUT2D eigenvalue weighted by molar-refractivity contribution is -0.155. The minimum absolute atomic E-state index is 0.0421. The van der Waals surface area contributed by atoms with E-state index < -0.39 is 6.17 Å². The Morgan fingerprint density at radius 3 is 2.80 bits per heavy atom. The van der Waals surface area contributed by atoms with Gasteiger partial charge in [0.15, 0.2) is 0 Å². The van der Waals surface area contributed by atoms with Gasteiger partial charge in [-0.25, -0.2) is 4.39 Å². The molecule has 3 nitrogen and oxygen atoms in total. The zero-order valence-corrected chi connectivity index (χ0v) is 15.5. The van der Waals surface area contributed by atoms with E-state index in [0.717, 1.165) is 38.5 Å². The van der Waals surface area contributed by atoms with Gasteiger partial charge < -0.3 is 9.84 Å². The molecule has 7 atom stereocenters. The first-order valence-corrected chi connectivity index (χ1v) is 10.1. The van der Waals surface area contributed by atoms with Crippen LogP contribution in [0.4, 0.5) is 4.39 Å². The third kappa shape index (κ3) is 2.75. The van der Waals surface area contributed by atoms with E-state index in [2.05, 4.69) is 6.92 Å². The highest BCUT2D eigenvalue weighted by molar-refractivity contribution is 5.66. The Balaban J connectivity index is 1.63. The molecule has 0 saturated heterocycles. The number of aliphatic hydroxyl groups is 1. The van der Waals surface area contributed by atoms with Gasteiger partial charge in [-0.2, -0.15) is 0 Å². The van der Waals surface area contributed by atoms with E-state index in [1.165, 1.54) is 18.1 Å². The van der Waals surface area contributed by atoms with Crippen LogP contribution in [0.2, 0.25) is 0 Å². The number of ether oxygens (including phenoxy) is 1. The Kier molecular flexibility index (Phi) is 4.46. The zero-order valence-electron chi connectivity index (χ0n) is 15.5. The van der Waals surface area contributed by atoms with Gasteiger partial charge in [0.05, 0.1) is 0 Å². The van der Waals surface area contributed by atoms with Crippen molar-refractivity contribution >= 4 is 5.97 Å². The first-order valence-electron chi connectivity index (χ1n) is 10.1. The van der Waals surface area contributed by atoms with Gasteiger partial charge in [0.1, 0.15) is 12.3 Å². The average molecular weight is 350 g/mol. The number of rotatable bonds is 2. The number of halogens is 1. The standard InChI is InChI=1S/C21H31FO3/c1-12(24)25-20-6-5-19-18-9-13(11-23)17-10-14(22)3-4-15(17)16(18)7-8-21(19,20)2/h13-14,16,18-20,23H,3-11H2,1-2H3/t13-,14-,16+,18+,19-,20-,21-/m0/s1. The van der Waals surface area contributed by atoms with Crippen molar-refractivity contribution in [3.05, 3.63) is 11.1 Å². The molecule has 1 N–H and O–H groups in total. The van der Waals surface area contributed by atoms with E-state index in [4.69, 9.17) is 4.74 Å². The highest BCUT2D eigenvalue weighted by Gasteiger charge is 2.57. The van der Waals surface area contributed by atoms with Crippen LogP contribution < -0.4 is 0 Å². The molecule has 2 saturated carbocycles. The minimum atomic E-state index is -0.724. The number of carbonyl (C=O) groups excluding carboxylic acids is 1. The number of carbonyl (C=O) groups is 1. The Hall–Kier alpha value is -0.900. The first kappa shape index (κ1) is 17.5. The third-order valence-electron chi connectivity index (χ3n) is 7.96. The number of aliphatic hydroxyl groups excluding tert-OH is 1. The van der Waals surface area contributed by atoms with Crippen LogP contribution in [0, 0.1) is 29.1 Å². The van der Waals surface area contributed by atoms with Gasteiger partial charge in [-0.05, 0) is 62.7 Å². The Morgan fingerprint density at radius 1 is 1.28 bits per heavy atom. The first-order chi connectivity index (χ1) is 11.9. The summed E-state index contributed by atoms with van der Waals surface area (Å²) in [4.78, 5) is 11.5. The van der Waals surface area contributed by atoms with Crippen molar-refractivity contribution in [1.29, 1.82) is 0 Å². The lowest BCUT2D eigenvalue weighted by Gasteiger charge is -2.53. The Morgan fingerprint density at radius 2 is 2.08 bits per heavy atom. The molecule has 140 valence electrons. The maximum atomic E-state index is 14.0. The molecule has 0 aromatic carbocycles. The van der Waals surface area contributed by atoms with Crippen molar-refractivity contribution < 1.29 is 19.0 Å². The van der Waals surface area contributed by atoms with Crippen LogP contribution in [0.5, 0.6) is 0 Å². The van der Waals surface area contributed by atoms with Gasteiger partial charge in [-0.3, -0.25) is 4.79 Å². The summed E-state index contributed by atoms with van der Waals surface area (Å²) in [5.74, 6) is 1.66. The summed E-state index contributed by atoms with van der Waals surface area (Å²) < 4.78 is 19.7. The molecule has 0 unspecified atom stereocenters. The van der Waals surface area contributed by atoms with Gasteiger partial charge in [0, 0.05) is 31.3 Å². The van der Waals surface area contributed by atoms with Gasteiger partial charge in [0.2, 0.25) is 0 Å². The highest BCUT2D eigenvalue weighted by Crippen LogP contribution is 2.62. The highest BCUT2D eigenvalue weighted by atomic mass is 19.1. The quantitative estimate of drug-likeness (QED) is 0.600. The summed E-state index contributed by atoms with van der Waals surface area (Å²) in [5.41, 5.74) is 2.81. The molecule has 0 radical (unpaired) electrons. The van der Waals surface area contributed by atoms with E-state index >= 15 is 0 Å². The van der Waals surface area contributed by atoms with Crippen LogP contribution in [-0.2, 0) is 9.53 Å². The number of allylic oxidation sites excluding steroid dienone is 1. The molecule has 0 aliphatic heterocycles. The van der Waals surface area contributed by atoms with Crippen molar-refractivity contribution in [2.45, 2.75) is 77.5 Å². The maximum Gasteiger partial charge on any atom is 0.302 e. The fourth-order valence-corrected chi connectivity index (χ4v) is 6.85. The van der Waals surface area contributed by atoms with E-state index in [0.29, 0.717) is 30.6 Å². The number of hydrogen-bond donors (Lipinski definition) is 1. The van der Waals surface area contributed by atoms with Crippen molar-refractivity contribution in [2.24, 2.45) is 29.1 Å². The molecular formula is C21H31FO3. The molecule has 4 rings (SSSR count). The van der Waals surface area contributed by atoms with Crippen LogP contribution in [0.25, 0.3) is 0 Å². The molecule has 4 aliphatic carbocycles. The van der Waals surface area contributed by atoms with Crippen molar-refractivity contribution in [1.82, 2.24) is 0 Å². The Labute approximate surface area is 150 Å². The predicted octanol–water partition coefficient (Wildman–Crippen LogP) is 4.19. The van der Waals surface area contributed by atoms with E-state index in [1.807, 2.05) is 0 Å². The molecule has 4 aliphatic rings. The second-order valence-corrected chi connectivity index (χ2v) is 9.10. The fraction of sp³-hybridized carbons (Fsp3) is 0.857. The second kappa shape index (κ2) is 6.37. The predicted molar refractivity (Wildman–Crippen MR) is 93.6 cm³/mol. The van der Waals surface area contributed by atoms with Crippen LogP contribution in [0.1, 0.15) is 65.2 Å². The van der Waals surface area contributed by atoms with Gasteiger partial charge in [0.25, 0.3) is 0 Å². The van der Waals surface area contributed by atoms with E-state index in [1.54, 1.807) is 0 Å². The fourth-order valence-electron chi connectivity index (χ4n) is 6.85. The number of alkyl halides is 1. The molecule has 0 heterocycles. The molecule has 2 fully saturated rings. The average Bonchev–Trinajstić information content (AvgIpc) is 2.90. The number of esters is 1. The van der Waals surface area contributed by atoms with Gasteiger partial charge in [-0.1, -0.05) is 18.1 Å². The minimum Gasteiger partial charge on any atom is -0.462 e. The van der Waals surface area contributed by atoms with Crippen LogP contribution >= 0.6 is 0 Å². The molecule has 0 spiro atoms. The second-order valence-electron chi connectivity index (χ2n) is 9.10. The summed E-state index contributed by atoms with van der Waals surface area (Å²) in [7, 11) is 0. The SMILES string of the molecule is CC(=O)O[C@H]1CC[C@H]2[C@@H]3C[C@@H](CO)C4=C(CC[C@H](F)C4)[C@H]3CC[C@]12C. The summed E-state index contributed by atoms with van der Waals surface area (Å²) in [5, 5.41) is 9.96. The molecular weight excluding hydrogens is 319 g/mol. The summed E-state index contributed by atoms with van der Waals surface area (Å²) in [6.07, 6.45) is 6.68. The summed E-state index contributed by atoms with van der Waals surface area (Å²) in [6.45, 7) is 3.97. The molecule has 4 heteroatoms. The lowest BCUT2D eigenvalue weighted by Crippen LogP contribution is -2.48. The van der Waals surface area contributed by atoms with Gasteiger partial charge in [-0.15, -0.1) is 0 Å². The molecule has 25 heavy (non-hydrogen) atoms. The Bertz CT molecular complexity index is 586. The van der Waals surface area contributed by atoms with Crippen LogP contribution in [-0.4, -0.2) is 30.0 Å². The monoisotopic (exact) mass is 350 g/mol. The maximum absolute atomic E-state index is 14.0. The summed E-state index contributed by atoms with van der Waals surface area (Å²) in [6, 6.07) is 0. The third-order valence-corrected chi connectivity index (χ3v) is 7.96. The van der Waals surface area contributed by atoms with Crippen molar-refractivity contribution in [3.8, 4) is 0 Å². The van der Waals surface area contributed by atoms with Crippen LogP contribution in [0.15, 0.2) is 11.1 Å². The van der Waals surface area contributed by atoms with Crippen molar-refractivity contribution in [2.75, 3.05) is 6.61 Å². The molecule has 0 aromatic heterocycles. The van der Waals surface area contributed by atoms with E-state index in [9.17, 15) is 14.3 Å². The molecule has 0 amide bonds. The molecule has 0 bridgehead atoms. The normalized spacial score (nSPS) is 46.2. The van der Waals surface area contributed by atoms with Crippen LogP contribution in [0.3, 0.4) is 0 Å². The number of fused-ring (bicyclic) bond motifs is 4. The molecule has 0 aromatic rings. The smallest absolute Gasteiger partial charge is 0.302 e. The largest absolute Gasteiger partial charge is 0.462 e. The number of hydrogen-bond acceptors (Lipinski definition) is 3.